The molecule has 0 radical (unpaired) electrons. The molecule has 5 heteroatoms. The fraction of sp³-hybridized carbons (Fsp3) is 0.533. The molecule has 1 fully saturated rings. The number of rotatable bonds is 5. The van der Waals surface area contributed by atoms with Crippen LogP contribution in [0.15, 0.2) is 18.2 Å². The molecule has 0 aliphatic carbocycles. The Hall–Kier alpha value is -1.75. The van der Waals surface area contributed by atoms with Crippen LogP contribution < -0.4 is 15.8 Å². The molecule has 0 bridgehead atoms. The van der Waals surface area contributed by atoms with Gasteiger partial charge in [0.05, 0.1) is 12.3 Å². The molecule has 110 valence electrons. The predicted octanol–water partition coefficient (Wildman–Crippen LogP) is 1.82. The number of nitrogens with two attached hydrogens (primary N) is 1. The van der Waals surface area contributed by atoms with Crippen LogP contribution in [0.25, 0.3) is 0 Å². The first kappa shape index (κ1) is 14.7. The molecule has 1 aromatic carbocycles. The van der Waals surface area contributed by atoms with E-state index in [4.69, 9.17) is 15.2 Å². The normalized spacial score (nSPS) is 15.8. The van der Waals surface area contributed by atoms with Gasteiger partial charge in [0.15, 0.2) is 0 Å². The molecule has 1 heterocycles. The zero-order valence-corrected chi connectivity index (χ0v) is 11.9. The van der Waals surface area contributed by atoms with Gasteiger partial charge in [-0.05, 0) is 43.9 Å². The minimum atomic E-state index is -0.0914. The van der Waals surface area contributed by atoms with Gasteiger partial charge in [0.2, 0.25) is 0 Å². The Bertz CT molecular complexity index is 456. The van der Waals surface area contributed by atoms with Gasteiger partial charge in [-0.2, -0.15) is 0 Å². The van der Waals surface area contributed by atoms with Gasteiger partial charge < -0.3 is 20.5 Å². The van der Waals surface area contributed by atoms with E-state index >= 15 is 0 Å². The number of ether oxygens (including phenoxy) is 2. The van der Waals surface area contributed by atoms with Crippen LogP contribution in [0.4, 0.5) is 5.69 Å². The third kappa shape index (κ3) is 3.87. The maximum atomic E-state index is 12.1. The van der Waals surface area contributed by atoms with Crippen molar-refractivity contribution in [3.8, 4) is 5.75 Å². The molecule has 3 N–H and O–H groups in total. The van der Waals surface area contributed by atoms with Crippen LogP contribution in [0.2, 0.25) is 0 Å². The Labute approximate surface area is 119 Å². The lowest BCUT2D eigenvalue weighted by atomic mass is 10.0. The summed E-state index contributed by atoms with van der Waals surface area (Å²) in [6.45, 7) is 4.72. The summed E-state index contributed by atoms with van der Waals surface area (Å²) in [6, 6.07) is 5.13. The number of hydrogen-bond donors (Lipinski definition) is 2. The fourth-order valence-corrected chi connectivity index (χ4v) is 2.27. The minimum Gasteiger partial charge on any atom is -0.492 e. The zero-order valence-electron chi connectivity index (χ0n) is 11.9. The molecule has 0 saturated carbocycles. The van der Waals surface area contributed by atoms with Crippen LogP contribution in [-0.2, 0) is 4.74 Å². The second-order valence-electron chi connectivity index (χ2n) is 4.95. The highest BCUT2D eigenvalue weighted by Crippen LogP contribution is 2.22. The molecule has 1 aliphatic heterocycles. The SMILES string of the molecule is CCOc1ccc(C(=O)NCC2CCOCC2)cc1N. The molecule has 1 aliphatic rings. The van der Waals surface area contributed by atoms with Crippen LogP contribution in [-0.4, -0.2) is 32.3 Å². The molecule has 0 unspecified atom stereocenters. The van der Waals surface area contributed by atoms with Crippen LogP contribution >= 0.6 is 0 Å². The topological polar surface area (TPSA) is 73.6 Å². The van der Waals surface area contributed by atoms with Crippen LogP contribution in [0.3, 0.4) is 0 Å². The van der Waals surface area contributed by atoms with Crippen LogP contribution in [0.5, 0.6) is 5.75 Å². The third-order valence-corrected chi connectivity index (χ3v) is 3.46. The molecular formula is C15H22N2O3. The summed E-state index contributed by atoms with van der Waals surface area (Å²) in [5.41, 5.74) is 6.92. The van der Waals surface area contributed by atoms with E-state index in [1.54, 1.807) is 18.2 Å². The van der Waals surface area contributed by atoms with E-state index in [9.17, 15) is 4.79 Å². The van der Waals surface area contributed by atoms with Crippen molar-refractivity contribution in [2.75, 3.05) is 32.1 Å². The van der Waals surface area contributed by atoms with Gasteiger partial charge in [-0.15, -0.1) is 0 Å². The van der Waals surface area contributed by atoms with Crippen molar-refractivity contribution in [3.63, 3.8) is 0 Å². The average molecular weight is 278 g/mol. The Kier molecular flexibility index (Phi) is 5.24. The summed E-state index contributed by atoms with van der Waals surface area (Å²) in [6.07, 6.45) is 2.01. The van der Waals surface area contributed by atoms with Gasteiger partial charge in [-0.25, -0.2) is 0 Å². The molecule has 1 saturated heterocycles. The van der Waals surface area contributed by atoms with Crippen molar-refractivity contribution >= 4 is 11.6 Å². The fourth-order valence-electron chi connectivity index (χ4n) is 2.27. The number of hydrogen-bond acceptors (Lipinski definition) is 4. The van der Waals surface area contributed by atoms with Gasteiger partial charge in [-0.3, -0.25) is 4.79 Å². The highest BCUT2D eigenvalue weighted by Gasteiger charge is 2.15. The first-order valence-corrected chi connectivity index (χ1v) is 7.09. The molecule has 0 aromatic heterocycles. The molecule has 2 rings (SSSR count). The van der Waals surface area contributed by atoms with Gasteiger partial charge in [0, 0.05) is 25.3 Å². The van der Waals surface area contributed by atoms with Crippen molar-refractivity contribution < 1.29 is 14.3 Å². The van der Waals surface area contributed by atoms with Crippen molar-refractivity contribution in [2.45, 2.75) is 19.8 Å². The quantitative estimate of drug-likeness (QED) is 0.806. The summed E-state index contributed by atoms with van der Waals surface area (Å²) >= 11 is 0. The van der Waals surface area contributed by atoms with Crippen molar-refractivity contribution in [2.24, 2.45) is 5.92 Å². The van der Waals surface area contributed by atoms with Gasteiger partial charge in [0.1, 0.15) is 5.75 Å². The van der Waals surface area contributed by atoms with E-state index in [1.807, 2.05) is 6.92 Å². The summed E-state index contributed by atoms with van der Waals surface area (Å²) in [4.78, 5) is 12.1. The van der Waals surface area contributed by atoms with E-state index in [-0.39, 0.29) is 5.91 Å². The van der Waals surface area contributed by atoms with E-state index in [0.717, 1.165) is 26.1 Å². The van der Waals surface area contributed by atoms with Crippen molar-refractivity contribution in [1.29, 1.82) is 0 Å². The summed E-state index contributed by atoms with van der Waals surface area (Å²) in [5, 5.41) is 2.96. The molecule has 5 nitrogen and oxygen atoms in total. The molecule has 1 aromatic rings. The van der Waals surface area contributed by atoms with E-state index in [0.29, 0.717) is 36.1 Å². The Morgan fingerprint density at radius 1 is 1.45 bits per heavy atom. The van der Waals surface area contributed by atoms with Crippen molar-refractivity contribution in [3.05, 3.63) is 23.8 Å². The van der Waals surface area contributed by atoms with Gasteiger partial charge >= 0.3 is 0 Å². The number of benzene rings is 1. The van der Waals surface area contributed by atoms with Gasteiger partial charge in [0.25, 0.3) is 5.91 Å². The standard InChI is InChI=1S/C15H22N2O3/c1-2-20-14-4-3-12(9-13(14)16)15(18)17-10-11-5-7-19-8-6-11/h3-4,9,11H,2,5-8,10,16H2,1H3,(H,17,18). The minimum absolute atomic E-state index is 0.0914. The monoisotopic (exact) mass is 278 g/mol. The Morgan fingerprint density at radius 3 is 2.85 bits per heavy atom. The number of nitrogen functional groups attached to an aromatic ring is 1. The van der Waals surface area contributed by atoms with E-state index in [1.165, 1.54) is 0 Å². The second-order valence-corrected chi connectivity index (χ2v) is 4.95. The number of carbonyl (C=O) groups excluding carboxylic acids is 1. The lowest BCUT2D eigenvalue weighted by molar-refractivity contribution is 0.0642. The number of nitrogens with one attached hydrogen (secondary N) is 1. The molecule has 0 spiro atoms. The lowest BCUT2D eigenvalue weighted by Gasteiger charge is -2.22. The summed E-state index contributed by atoms with van der Waals surface area (Å²) < 4.78 is 10.7. The van der Waals surface area contributed by atoms with Crippen LogP contribution in [0.1, 0.15) is 30.1 Å². The number of amides is 1. The predicted molar refractivity (Wildman–Crippen MR) is 77.9 cm³/mol. The smallest absolute Gasteiger partial charge is 0.251 e. The number of anilines is 1. The molecule has 1 amide bonds. The third-order valence-electron chi connectivity index (χ3n) is 3.46. The average Bonchev–Trinajstić information content (AvgIpc) is 2.48. The molecule has 0 atom stereocenters. The number of carbonyl (C=O) groups is 1. The maximum Gasteiger partial charge on any atom is 0.251 e. The van der Waals surface area contributed by atoms with E-state index in [2.05, 4.69) is 5.32 Å². The Balaban J connectivity index is 1.89. The first-order chi connectivity index (χ1) is 9.70. The van der Waals surface area contributed by atoms with E-state index < -0.39 is 0 Å². The first-order valence-electron chi connectivity index (χ1n) is 7.09. The van der Waals surface area contributed by atoms with Gasteiger partial charge in [-0.1, -0.05) is 0 Å². The van der Waals surface area contributed by atoms with Crippen LogP contribution in [0, 0.1) is 5.92 Å². The second kappa shape index (κ2) is 7.14. The summed E-state index contributed by atoms with van der Waals surface area (Å²) in [5.74, 6) is 1.03. The largest absolute Gasteiger partial charge is 0.492 e. The zero-order chi connectivity index (χ0) is 14.4. The highest BCUT2D eigenvalue weighted by molar-refractivity contribution is 5.95. The lowest BCUT2D eigenvalue weighted by Crippen LogP contribution is -2.32. The highest BCUT2D eigenvalue weighted by atomic mass is 16.5. The molecule has 20 heavy (non-hydrogen) atoms. The Morgan fingerprint density at radius 2 is 2.20 bits per heavy atom. The maximum absolute atomic E-state index is 12.1. The van der Waals surface area contributed by atoms with Crippen molar-refractivity contribution in [1.82, 2.24) is 5.32 Å². The summed E-state index contributed by atoms with van der Waals surface area (Å²) in [7, 11) is 0. The molecular weight excluding hydrogens is 256 g/mol.